The number of aliphatic hydroxyl groups excluding tert-OH is 1. The number of amides is 1. The van der Waals surface area contributed by atoms with E-state index in [0.717, 1.165) is 19.3 Å². The Morgan fingerprint density at radius 3 is 2.49 bits per heavy atom. The van der Waals surface area contributed by atoms with Crippen LogP contribution in [-0.4, -0.2) is 51.7 Å². The zero-order chi connectivity index (χ0) is 27.7. The zero-order valence-corrected chi connectivity index (χ0v) is 23.8. The van der Waals surface area contributed by atoms with Crippen molar-refractivity contribution >= 4 is 12.1 Å². The Morgan fingerprint density at radius 2 is 1.89 bits per heavy atom. The van der Waals surface area contributed by atoms with Crippen molar-refractivity contribution in [3.05, 3.63) is 23.8 Å². The fourth-order valence-corrected chi connectivity index (χ4v) is 8.20. The molecule has 10 atom stereocenters. The molecular weight excluding hydrogens is 470 g/mol. The molecule has 0 aromatic rings. The molecule has 0 radical (unpaired) electrons. The summed E-state index contributed by atoms with van der Waals surface area (Å²) in [5, 5.41) is 25.9. The summed E-state index contributed by atoms with van der Waals surface area (Å²) in [5.74, 6) is -0.515. The molecule has 3 fully saturated rings. The molecule has 37 heavy (non-hydrogen) atoms. The van der Waals surface area contributed by atoms with E-state index in [1.807, 2.05) is 20.8 Å². The summed E-state index contributed by atoms with van der Waals surface area (Å²) in [6, 6.07) is 0. The van der Waals surface area contributed by atoms with Crippen LogP contribution in [0.5, 0.6) is 0 Å². The van der Waals surface area contributed by atoms with Crippen molar-refractivity contribution in [2.45, 2.75) is 111 Å². The van der Waals surface area contributed by atoms with Crippen LogP contribution in [0.15, 0.2) is 23.8 Å². The minimum atomic E-state index is -1.74. The number of carbonyl (C=O) groups excluding carboxylic acids is 2. The average Bonchev–Trinajstić information content (AvgIpc) is 3.04. The van der Waals surface area contributed by atoms with Gasteiger partial charge in [-0.1, -0.05) is 39.0 Å². The monoisotopic (exact) mass is 517 g/mol. The van der Waals surface area contributed by atoms with E-state index in [1.165, 1.54) is 5.57 Å². The summed E-state index contributed by atoms with van der Waals surface area (Å²) in [6.45, 7) is 20.8. The second kappa shape index (κ2) is 9.41. The zero-order valence-electron chi connectivity index (χ0n) is 23.8. The SMILES string of the molecule is C=C1C2CC3C(C(C)C)C(OC(=O)NC(C)(C)C)CC3(C)CC2/C(C)=C\CC2C(C)OC(=O)C(O)C12O. The van der Waals surface area contributed by atoms with Gasteiger partial charge in [-0.05, 0) is 95.0 Å². The molecule has 1 saturated heterocycles. The van der Waals surface area contributed by atoms with Crippen molar-refractivity contribution in [2.75, 3.05) is 0 Å². The fraction of sp³-hybridized carbons (Fsp3) is 0.800. The number of alkyl carbamates (subject to hydrolysis) is 1. The van der Waals surface area contributed by atoms with Gasteiger partial charge in [0.1, 0.15) is 17.8 Å². The molecule has 0 aromatic carbocycles. The molecule has 3 N–H and O–H groups in total. The molecule has 7 heteroatoms. The standard InChI is InChI=1S/C30H47NO6/c1-15(2)24-22-12-19-17(4)30(35)21(18(5)36-26(33)25(30)32)11-10-16(3)20(19)13-29(22,9)14-23(24)37-27(34)31-28(6,7)8/h10,15,18-25,32,35H,4,11-14H2,1-3,5-9H3,(H,31,34)/b16-10-. The topological polar surface area (TPSA) is 105 Å². The fourth-order valence-electron chi connectivity index (χ4n) is 8.20. The minimum absolute atomic E-state index is 0.0449. The van der Waals surface area contributed by atoms with Crippen LogP contribution < -0.4 is 5.32 Å². The summed E-state index contributed by atoms with van der Waals surface area (Å²) >= 11 is 0. The van der Waals surface area contributed by atoms with Crippen molar-refractivity contribution in [1.29, 1.82) is 0 Å². The van der Waals surface area contributed by atoms with E-state index >= 15 is 0 Å². The van der Waals surface area contributed by atoms with Crippen LogP contribution in [0.2, 0.25) is 0 Å². The van der Waals surface area contributed by atoms with E-state index in [2.05, 4.69) is 45.7 Å². The number of carbonyl (C=O) groups is 2. The maximum atomic E-state index is 12.8. The lowest BCUT2D eigenvalue weighted by Crippen LogP contribution is -2.63. The number of fused-ring (bicyclic) bond motifs is 3. The molecule has 0 spiro atoms. The van der Waals surface area contributed by atoms with Crippen LogP contribution in [0.25, 0.3) is 0 Å². The van der Waals surface area contributed by atoms with Gasteiger partial charge < -0.3 is 25.0 Å². The quantitative estimate of drug-likeness (QED) is 0.360. The van der Waals surface area contributed by atoms with Crippen molar-refractivity contribution in [2.24, 2.45) is 40.9 Å². The van der Waals surface area contributed by atoms with Gasteiger partial charge in [0.25, 0.3) is 0 Å². The third kappa shape index (κ3) is 4.75. The highest BCUT2D eigenvalue weighted by Gasteiger charge is 2.62. The van der Waals surface area contributed by atoms with Crippen LogP contribution in [-0.2, 0) is 14.3 Å². The van der Waals surface area contributed by atoms with Gasteiger partial charge in [0.15, 0.2) is 6.10 Å². The van der Waals surface area contributed by atoms with Crippen LogP contribution in [0.1, 0.15) is 81.1 Å². The Balaban J connectivity index is 1.69. The van der Waals surface area contributed by atoms with Gasteiger partial charge in [0, 0.05) is 17.4 Å². The number of ether oxygens (including phenoxy) is 2. The lowest BCUT2D eigenvalue weighted by molar-refractivity contribution is -0.209. The number of allylic oxidation sites excluding steroid dienone is 2. The van der Waals surface area contributed by atoms with Crippen LogP contribution >= 0.6 is 0 Å². The molecule has 10 unspecified atom stereocenters. The lowest BCUT2D eigenvalue weighted by Gasteiger charge is -2.54. The molecule has 1 aliphatic heterocycles. The predicted molar refractivity (Wildman–Crippen MR) is 141 cm³/mol. The second-order valence-electron chi connectivity index (χ2n) is 13.9. The normalized spacial score (nSPS) is 45.4. The number of hydrogen-bond acceptors (Lipinski definition) is 6. The minimum Gasteiger partial charge on any atom is -0.460 e. The van der Waals surface area contributed by atoms with E-state index in [9.17, 15) is 19.8 Å². The first-order chi connectivity index (χ1) is 17.0. The molecule has 208 valence electrons. The van der Waals surface area contributed by atoms with Crippen LogP contribution in [0, 0.1) is 40.9 Å². The van der Waals surface area contributed by atoms with E-state index in [1.54, 1.807) is 6.92 Å². The maximum absolute atomic E-state index is 12.8. The second-order valence-corrected chi connectivity index (χ2v) is 13.9. The first-order valence-corrected chi connectivity index (χ1v) is 13.9. The third-order valence-corrected chi connectivity index (χ3v) is 9.96. The van der Waals surface area contributed by atoms with Crippen molar-refractivity contribution in [3.63, 3.8) is 0 Å². The van der Waals surface area contributed by atoms with Gasteiger partial charge >= 0.3 is 12.1 Å². The summed E-state index contributed by atoms with van der Waals surface area (Å²) in [5.41, 5.74) is -0.364. The molecular formula is C30H47NO6. The molecule has 1 amide bonds. The van der Waals surface area contributed by atoms with E-state index in [0.29, 0.717) is 17.9 Å². The van der Waals surface area contributed by atoms with Crippen LogP contribution in [0.4, 0.5) is 4.79 Å². The smallest absolute Gasteiger partial charge is 0.407 e. The van der Waals surface area contributed by atoms with Gasteiger partial charge in [-0.25, -0.2) is 9.59 Å². The molecule has 0 bridgehead atoms. The number of hydrogen-bond donors (Lipinski definition) is 3. The lowest BCUT2D eigenvalue weighted by atomic mass is 9.53. The van der Waals surface area contributed by atoms with Gasteiger partial charge in [-0.2, -0.15) is 0 Å². The third-order valence-electron chi connectivity index (χ3n) is 9.96. The highest BCUT2D eigenvalue weighted by molar-refractivity contribution is 5.78. The molecule has 4 rings (SSSR count). The maximum Gasteiger partial charge on any atom is 0.407 e. The number of cyclic esters (lactones) is 1. The number of aliphatic hydroxyl groups is 2. The average molecular weight is 518 g/mol. The van der Waals surface area contributed by atoms with Gasteiger partial charge in [-0.15, -0.1) is 0 Å². The molecule has 1 heterocycles. The Labute approximate surface area is 222 Å². The molecule has 4 aliphatic rings. The predicted octanol–water partition coefficient (Wildman–Crippen LogP) is 4.76. The molecule has 0 aromatic heterocycles. The Kier molecular flexibility index (Phi) is 7.16. The van der Waals surface area contributed by atoms with Gasteiger partial charge in [0.2, 0.25) is 0 Å². The highest BCUT2D eigenvalue weighted by atomic mass is 16.6. The Hall–Kier alpha value is -1.86. The first kappa shape index (κ1) is 28.2. The molecule has 3 aliphatic carbocycles. The first-order valence-electron chi connectivity index (χ1n) is 13.9. The largest absolute Gasteiger partial charge is 0.460 e. The van der Waals surface area contributed by atoms with Crippen molar-refractivity contribution < 1.29 is 29.3 Å². The van der Waals surface area contributed by atoms with E-state index < -0.39 is 29.7 Å². The molecule has 2 saturated carbocycles. The Bertz CT molecular complexity index is 981. The van der Waals surface area contributed by atoms with E-state index in [-0.39, 0.29) is 46.8 Å². The van der Waals surface area contributed by atoms with Gasteiger partial charge in [0.05, 0.1) is 0 Å². The number of esters is 1. The van der Waals surface area contributed by atoms with Gasteiger partial charge in [-0.3, -0.25) is 0 Å². The molecule has 7 nitrogen and oxygen atoms in total. The number of rotatable bonds is 2. The van der Waals surface area contributed by atoms with Crippen molar-refractivity contribution in [3.8, 4) is 0 Å². The number of nitrogens with one attached hydrogen (secondary N) is 1. The Morgan fingerprint density at radius 1 is 1.24 bits per heavy atom. The summed E-state index contributed by atoms with van der Waals surface area (Å²) in [7, 11) is 0. The summed E-state index contributed by atoms with van der Waals surface area (Å²) in [6.07, 6.45) is 2.33. The highest BCUT2D eigenvalue weighted by Crippen LogP contribution is 2.63. The van der Waals surface area contributed by atoms with Crippen LogP contribution in [0.3, 0.4) is 0 Å². The summed E-state index contributed by atoms with van der Waals surface area (Å²) < 4.78 is 11.5. The van der Waals surface area contributed by atoms with E-state index in [4.69, 9.17) is 9.47 Å². The van der Waals surface area contributed by atoms with Crippen molar-refractivity contribution in [1.82, 2.24) is 5.32 Å². The summed E-state index contributed by atoms with van der Waals surface area (Å²) in [4.78, 5) is 25.3.